The predicted molar refractivity (Wildman–Crippen MR) is 124 cm³/mol. The van der Waals surface area contributed by atoms with E-state index in [4.69, 9.17) is 4.74 Å². The summed E-state index contributed by atoms with van der Waals surface area (Å²) in [6.45, 7) is 1.89. The quantitative estimate of drug-likeness (QED) is 0.505. The van der Waals surface area contributed by atoms with Crippen molar-refractivity contribution in [3.63, 3.8) is 0 Å². The average molecular weight is 433 g/mol. The zero-order valence-electron chi connectivity index (χ0n) is 18.3. The molecule has 0 aliphatic rings. The van der Waals surface area contributed by atoms with Crippen LogP contribution in [0.4, 0.5) is 0 Å². The molecule has 6 nitrogen and oxygen atoms in total. The molecular formula is C26H28N2O4. The largest absolute Gasteiger partial charge is 0.467 e. The van der Waals surface area contributed by atoms with Crippen molar-refractivity contribution in [1.29, 1.82) is 0 Å². The number of hydrogen-bond acceptors (Lipinski definition) is 4. The predicted octanol–water partition coefficient (Wildman–Crippen LogP) is 3.70. The number of fused-ring (bicyclic) bond motifs is 1. The van der Waals surface area contributed by atoms with Gasteiger partial charge in [-0.05, 0) is 28.8 Å². The van der Waals surface area contributed by atoms with E-state index in [0.29, 0.717) is 6.42 Å². The number of methoxy groups -OCH3 is 1. The maximum Gasteiger partial charge on any atom is 0.328 e. The molecule has 0 saturated carbocycles. The van der Waals surface area contributed by atoms with Gasteiger partial charge in [-0.25, -0.2) is 4.79 Å². The summed E-state index contributed by atoms with van der Waals surface area (Å²) in [6, 6.07) is 22.4. The van der Waals surface area contributed by atoms with Gasteiger partial charge in [0, 0.05) is 19.3 Å². The normalized spacial score (nSPS) is 12.6. The summed E-state index contributed by atoms with van der Waals surface area (Å²) in [6.07, 6.45) is 0.318. The topological polar surface area (TPSA) is 84.5 Å². The smallest absolute Gasteiger partial charge is 0.328 e. The molecule has 0 spiro atoms. The highest BCUT2D eigenvalue weighted by atomic mass is 16.5. The van der Waals surface area contributed by atoms with E-state index in [2.05, 4.69) is 10.6 Å². The van der Waals surface area contributed by atoms with Gasteiger partial charge in [-0.3, -0.25) is 9.59 Å². The van der Waals surface area contributed by atoms with Crippen molar-refractivity contribution in [2.45, 2.75) is 38.3 Å². The fourth-order valence-corrected chi connectivity index (χ4v) is 3.66. The van der Waals surface area contributed by atoms with Crippen molar-refractivity contribution < 1.29 is 19.1 Å². The standard InChI is InChI=1S/C26H28N2O4/c1-18(19-9-4-3-5-10-19)27-24(29)15-16-25(30)28-23(26(31)32-2)17-21-13-8-12-20-11-6-7-14-22(20)21/h3-14,18,23H,15-17H2,1-2H3,(H,27,29)(H,28,30)/t18-,23-/m1/s1. The average Bonchev–Trinajstić information content (AvgIpc) is 2.82. The second-order valence-corrected chi connectivity index (χ2v) is 7.69. The van der Waals surface area contributed by atoms with Crippen LogP contribution in [0.5, 0.6) is 0 Å². The van der Waals surface area contributed by atoms with E-state index in [9.17, 15) is 14.4 Å². The zero-order valence-corrected chi connectivity index (χ0v) is 18.3. The number of carbonyl (C=O) groups excluding carboxylic acids is 3. The minimum absolute atomic E-state index is 0.0175. The van der Waals surface area contributed by atoms with Crippen LogP contribution in [0.15, 0.2) is 72.8 Å². The monoisotopic (exact) mass is 432 g/mol. The molecule has 0 radical (unpaired) electrons. The number of ether oxygens (including phenoxy) is 1. The first-order valence-corrected chi connectivity index (χ1v) is 10.7. The van der Waals surface area contributed by atoms with Gasteiger partial charge in [0.2, 0.25) is 11.8 Å². The summed E-state index contributed by atoms with van der Waals surface area (Å²) in [5.41, 5.74) is 1.93. The van der Waals surface area contributed by atoms with E-state index < -0.39 is 12.0 Å². The minimum atomic E-state index is -0.829. The molecule has 2 N–H and O–H groups in total. The molecule has 2 atom stereocenters. The van der Waals surface area contributed by atoms with E-state index in [-0.39, 0.29) is 30.7 Å². The lowest BCUT2D eigenvalue weighted by molar-refractivity contribution is -0.145. The summed E-state index contributed by atoms with van der Waals surface area (Å²) in [5, 5.41) is 7.70. The number of carbonyl (C=O) groups is 3. The Labute approximate surface area is 188 Å². The maximum absolute atomic E-state index is 12.5. The molecule has 0 saturated heterocycles. The third-order valence-electron chi connectivity index (χ3n) is 5.38. The van der Waals surface area contributed by atoms with Crippen LogP contribution in [0.25, 0.3) is 10.8 Å². The highest BCUT2D eigenvalue weighted by Gasteiger charge is 2.23. The highest BCUT2D eigenvalue weighted by Crippen LogP contribution is 2.20. The molecule has 0 aromatic heterocycles. The molecular weight excluding hydrogens is 404 g/mol. The van der Waals surface area contributed by atoms with Crippen LogP contribution >= 0.6 is 0 Å². The Morgan fingerprint density at radius 2 is 1.44 bits per heavy atom. The maximum atomic E-state index is 12.5. The van der Waals surface area contributed by atoms with Crippen LogP contribution in [0.2, 0.25) is 0 Å². The van der Waals surface area contributed by atoms with Gasteiger partial charge in [-0.2, -0.15) is 0 Å². The van der Waals surface area contributed by atoms with E-state index in [1.54, 1.807) is 0 Å². The molecule has 3 rings (SSSR count). The first-order valence-electron chi connectivity index (χ1n) is 10.7. The number of esters is 1. The molecule has 0 unspecified atom stereocenters. The van der Waals surface area contributed by atoms with Crippen molar-refractivity contribution in [2.75, 3.05) is 7.11 Å². The Morgan fingerprint density at radius 3 is 2.16 bits per heavy atom. The van der Waals surface area contributed by atoms with Crippen LogP contribution in [-0.4, -0.2) is 30.9 Å². The van der Waals surface area contributed by atoms with E-state index >= 15 is 0 Å². The first-order chi connectivity index (χ1) is 15.5. The molecule has 0 aliphatic carbocycles. The van der Waals surface area contributed by atoms with Crippen molar-refractivity contribution in [3.8, 4) is 0 Å². The Balaban J connectivity index is 1.58. The summed E-state index contributed by atoms with van der Waals surface area (Å²) in [5.74, 6) is -1.11. The van der Waals surface area contributed by atoms with Crippen molar-refractivity contribution >= 4 is 28.6 Å². The summed E-state index contributed by atoms with van der Waals surface area (Å²) in [4.78, 5) is 37.1. The number of amides is 2. The third-order valence-corrected chi connectivity index (χ3v) is 5.38. The molecule has 0 aliphatic heterocycles. The molecule has 32 heavy (non-hydrogen) atoms. The lowest BCUT2D eigenvalue weighted by Gasteiger charge is -2.18. The van der Waals surface area contributed by atoms with Crippen molar-refractivity contribution in [3.05, 3.63) is 83.9 Å². The first kappa shape index (κ1) is 23.0. The van der Waals surface area contributed by atoms with Crippen LogP contribution in [-0.2, 0) is 25.5 Å². The van der Waals surface area contributed by atoms with Gasteiger partial charge in [0.25, 0.3) is 0 Å². The van der Waals surface area contributed by atoms with E-state index in [1.165, 1.54) is 7.11 Å². The Kier molecular flexibility index (Phi) is 7.97. The van der Waals surface area contributed by atoms with Crippen molar-refractivity contribution in [1.82, 2.24) is 10.6 Å². The molecule has 3 aromatic carbocycles. The van der Waals surface area contributed by atoms with Gasteiger partial charge < -0.3 is 15.4 Å². The number of nitrogens with one attached hydrogen (secondary N) is 2. The molecule has 0 fully saturated rings. The summed E-state index contributed by atoms with van der Waals surface area (Å²) < 4.78 is 4.89. The fourth-order valence-electron chi connectivity index (χ4n) is 3.66. The van der Waals surface area contributed by atoms with Crippen molar-refractivity contribution in [2.24, 2.45) is 0 Å². The molecule has 0 heterocycles. The fraction of sp³-hybridized carbons (Fsp3) is 0.269. The molecule has 6 heteroatoms. The number of hydrogen-bond donors (Lipinski definition) is 2. The Hall–Kier alpha value is -3.67. The van der Waals surface area contributed by atoms with Gasteiger partial charge in [-0.1, -0.05) is 72.8 Å². The summed E-state index contributed by atoms with van der Waals surface area (Å²) in [7, 11) is 1.29. The van der Waals surface area contributed by atoms with Gasteiger partial charge in [0.05, 0.1) is 13.2 Å². The second-order valence-electron chi connectivity index (χ2n) is 7.69. The van der Waals surface area contributed by atoms with Crippen LogP contribution in [0.3, 0.4) is 0 Å². The van der Waals surface area contributed by atoms with Gasteiger partial charge >= 0.3 is 5.97 Å². The van der Waals surface area contributed by atoms with Crippen LogP contribution in [0, 0.1) is 0 Å². The van der Waals surface area contributed by atoms with Gasteiger partial charge in [0.1, 0.15) is 6.04 Å². The number of rotatable bonds is 9. The summed E-state index contributed by atoms with van der Waals surface area (Å²) >= 11 is 0. The second kappa shape index (κ2) is 11.1. The highest BCUT2D eigenvalue weighted by molar-refractivity contribution is 5.89. The number of benzene rings is 3. The lowest BCUT2D eigenvalue weighted by atomic mass is 9.98. The molecule has 166 valence electrons. The molecule has 0 bridgehead atoms. The Bertz CT molecular complexity index is 1080. The van der Waals surface area contributed by atoms with Gasteiger partial charge in [-0.15, -0.1) is 0 Å². The SMILES string of the molecule is COC(=O)[C@@H](Cc1cccc2ccccc12)NC(=O)CCC(=O)N[C@H](C)c1ccccc1. The molecule has 3 aromatic rings. The lowest BCUT2D eigenvalue weighted by Crippen LogP contribution is -2.43. The van der Waals surface area contributed by atoms with E-state index in [0.717, 1.165) is 21.9 Å². The van der Waals surface area contributed by atoms with Gasteiger partial charge in [0.15, 0.2) is 0 Å². The Morgan fingerprint density at radius 1 is 0.812 bits per heavy atom. The minimum Gasteiger partial charge on any atom is -0.467 e. The van der Waals surface area contributed by atoms with Crippen LogP contribution < -0.4 is 10.6 Å². The van der Waals surface area contributed by atoms with Crippen LogP contribution in [0.1, 0.15) is 36.9 Å². The zero-order chi connectivity index (χ0) is 22.9. The van der Waals surface area contributed by atoms with E-state index in [1.807, 2.05) is 79.7 Å². The third kappa shape index (κ3) is 6.17. The molecule has 2 amide bonds.